The lowest BCUT2D eigenvalue weighted by Gasteiger charge is -2.22. The minimum absolute atomic E-state index is 0.105. The highest BCUT2D eigenvalue weighted by Crippen LogP contribution is 2.51. The largest absolute Gasteiger partial charge is 0.456 e. The summed E-state index contributed by atoms with van der Waals surface area (Å²) >= 11 is 0. The van der Waals surface area contributed by atoms with E-state index in [0.717, 1.165) is 56.0 Å². The molecule has 9 aromatic rings. The Kier molecular flexibility index (Phi) is 6.30. The molecular formula is C48H34N4O. The summed E-state index contributed by atoms with van der Waals surface area (Å²) in [4.78, 5) is 10.2. The summed E-state index contributed by atoms with van der Waals surface area (Å²) in [6.07, 6.45) is -0.439. The zero-order valence-corrected chi connectivity index (χ0v) is 29.3. The van der Waals surface area contributed by atoms with E-state index in [0.29, 0.717) is 0 Å². The second-order valence-corrected chi connectivity index (χ2v) is 14.6. The average molecular weight is 683 g/mol. The van der Waals surface area contributed by atoms with Crippen LogP contribution in [0.15, 0.2) is 172 Å². The van der Waals surface area contributed by atoms with Crippen molar-refractivity contribution in [2.75, 3.05) is 0 Å². The van der Waals surface area contributed by atoms with Crippen LogP contribution in [0.3, 0.4) is 0 Å². The van der Waals surface area contributed by atoms with Crippen LogP contribution in [0.1, 0.15) is 47.8 Å². The Bertz CT molecular complexity index is 2950. The summed E-state index contributed by atoms with van der Waals surface area (Å²) in [6, 6.07) is 55.8. The second-order valence-electron chi connectivity index (χ2n) is 14.6. The van der Waals surface area contributed by atoms with Crippen LogP contribution in [-0.2, 0) is 5.41 Å². The number of aromatic nitrogens is 1. The van der Waals surface area contributed by atoms with E-state index in [-0.39, 0.29) is 5.41 Å². The van der Waals surface area contributed by atoms with E-state index in [1.807, 2.05) is 36.4 Å². The first-order chi connectivity index (χ1) is 26.0. The van der Waals surface area contributed by atoms with Crippen molar-refractivity contribution < 1.29 is 4.42 Å². The Balaban J connectivity index is 1.10. The molecule has 0 radical (unpaired) electrons. The molecule has 1 aliphatic carbocycles. The third-order valence-corrected chi connectivity index (χ3v) is 11.2. The van der Waals surface area contributed by atoms with Gasteiger partial charge in [-0.2, -0.15) is 0 Å². The molecule has 1 N–H and O–H groups in total. The van der Waals surface area contributed by atoms with E-state index in [1.165, 1.54) is 44.1 Å². The van der Waals surface area contributed by atoms with Crippen LogP contribution in [0.25, 0.3) is 60.6 Å². The van der Waals surface area contributed by atoms with E-state index >= 15 is 0 Å². The molecule has 1 aliphatic heterocycles. The van der Waals surface area contributed by atoms with E-state index in [9.17, 15) is 0 Å². The molecule has 2 aliphatic rings. The number of furan rings is 1. The van der Waals surface area contributed by atoms with Crippen molar-refractivity contribution in [3.05, 3.63) is 186 Å². The fourth-order valence-electron chi connectivity index (χ4n) is 8.68. The highest BCUT2D eigenvalue weighted by atomic mass is 16.3. The highest BCUT2D eigenvalue weighted by Gasteiger charge is 2.36. The van der Waals surface area contributed by atoms with Crippen molar-refractivity contribution in [3.63, 3.8) is 0 Å². The van der Waals surface area contributed by atoms with Crippen molar-refractivity contribution in [1.29, 1.82) is 0 Å². The number of amidine groups is 2. The van der Waals surface area contributed by atoms with Crippen molar-refractivity contribution in [2.24, 2.45) is 9.98 Å². The van der Waals surface area contributed by atoms with Crippen LogP contribution in [0.5, 0.6) is 0 Å². The molecule has 7 aromatic carbocycles. The predicted octanol–water partition coefficient (Wildman–Crippen LogP) is 11.5. The molecule has 0 atom stereocenters. The van der Waals surface area contributed by atoms with Crippen molar-refractivity contribution in [2.45, 2.75) is 25.4 Å². The van der Waals surface area contributed by atoms with Crippen LogP contribution in [0.4, 0.5) is 0 Å². The van der Waals surface area contributed by atoms with Gasteiger partial charge in [0.1, 0.15) is 22.8 Å². The molecule has 3 heterocycles. The first kappa shape index (κ1) is 30.0. The van der Waals surface area contributed by atoms with Gasteiger partial charge in [-0.15, -0.1) is 0 Å². The van der Waals surface area contributed by atoms with Gasteiger partial charge in [-0.05, 0) is 64.7 Å². The maximum absolute atomic E-state index is 6.69. The molecule has 0 fully saturated rings. The van der Waals surface area contributed by atoms with Gasteiger partial charge in [-0.1, -0.05) is 129 Å². The number of fused-ring (bicyclic) bond motifs is 9. The van der Waals surface area contributed by atoms with E-state index < -0.39 is 6.17 Å². The molecular weight excluding hydrogens is 649 g/mol. The normalized spacial score (nSPS) is 15.1. The Morgan fingerprint density at radius 1 is 0.547 bits per heavy atom. The maximum Gasteiger partial charge on any atom is 0.169 e. The minimum Gasteiger partial charge on any atom is -0.456 e. The van der Waals surface area contributed by atoms with Gasteiger partial charge in [0.25, 0.3) is 0 Å². The molecule has 0 saturated carbocycles. The molecule has 2 aromatic heterocycles. The number of benzene rings is 7. The lowest BCUT2D eigenvalue weighted by Crippen LogP contribution is -2.35. The first-order valence-corrected chi connectivity index (χ1v) is 18.2. The van der Waals surface area contributed by atoms with Crippen molar-refractivity contribution in [3.8, 4) is 16.8 Å². The van der Waals surface area contributed by atoms with E-state index in [4.69, 9.17) is 14.4 Å². The minimum atomic E-state index is -0.439. The maximum atomic E-state index is 6.69. The summed E-state index contributed by atoms with van der Waals surface area (Å²) in [6.45, 7) is 4.70. The van der Waals surface area contributed by atoms with Crippen LogP contribution >= 0.6 is 0 Å². The van der Waals surface area contributed by atoms with Gasteiger partial charge >= 0.3 is 0 Å². The average Bonchev–Trinajstić information content (AvgIpc) is 3.83. The summed E-state index contributed by atoms with van der Waals surface area (Å²) in [5, 5.41) is 8.14. The standard InChI is InChI=1S/C48H34N4O/c1-48(2)37-20-11-9-18-32(37)35-27-36-33-19-10-12-21-39(33)52(41(36)28-38(35)48)40-22-13-23-42-44(40)34-25-24-31(26-43(34)53-42)47-50-45(29-14-5-3-6-15-29)49-46(51-47)30-16-7-4-8-17-30/h3-28,47H,1-2H3,(H,49,50,51). The molecule has 0 unspecified atom stereocenters. The monoisotopic (exact) mass is 682 g/mol. The first-order valence-electron chi connectivity index (χ1n) is 18.2. The third-order valence-electron chi connectivity index (χ3n) is 11.2. The molecule has 0 bridgehead atoms. The predicted molar refractivity (Wildman–Crippen MR) is 217 cm³/mol. The number of nitrogens with one attached hydrogen (secondary N) is 1. The Hall–Kier alpha value is -6.72. The fraction of sp³-hybridized carbons (Fsp3) is 0.0833. The lowest BCUT2D eigenvalue weighted by atomic mass is 9.82. The number of hydrogen-bond donors (Lipinski definition) is 1. The zero-order chi connectivity index (χ0) is 35.3. The molecule has 252 valence electrons. The van der Waals surface area contributed by atoms with Gasteiger partial charge in [-0.3, -0.25) is 0 Å². The Morgan fingerprint density at radius 2 is 1.25 bits per heavy atom. The van der Waals surface area contributed by atoms with Crippen molar-refractivity contribution >= 4 is 55.4 Å². The van der Waals surface area contributed by atoms with Gasteiger partial charge < -0.3 is 14.3 Å². The highest BCUT2D eigenvalue weighted by molar-refractivity contribution is 6.17. The van der Waals surface area contributed by atoms with E-state index in [2.05, 4.69) is 145 Å². The number of para-hydroxylation sites is 1. The van der Waals surface area contributed by atoms with Gasteiger partial charge in [-0.25, -0.2) is 9.98 Å². The fourth-order valence-corrected chi connectivity index (χ4v) is 8.68. The van der Waals surface area contributed by atoms with Gasteiger partial charge in [0, 0.05) is 38.3 Å². The van der Waals surface area contributed by atoms with Crippen LogP contribution in [-0.4, -0.2) is 16.2 Å². The van der Waals surface area contributed by atoms with Crippen molar-refractivity contribution in [1.82, 2.24) is 9.88 Å². The molecule has 0 amide bonds. The SMILES string of the molecule is CC1(C)c2ccccc2-c2cc3c4ccccc4n(-c4cccc5oc6cc(C7N=C(c8ccccc8)NC(c8ccccc8)=N7)ccc6c45)c3cc21. The lowest BCUT2D eigenvalue weighted by molar-refractivity contribution is 0.661. The van der Waals surface area contributed by atoms with Crippen LogP contribution in [0.2, 0.25) is 0 Å². The zero-order valence-electron chi connectivity index (χ0n) is 29.3. The number of hydrogen-bond acceptors (Lipinski definition) is 4. The molecule has 11 rings (SSSR count). The van der Waals surface area contributed by atoms with Crippen LogP contribution in [0, 0.1) is 0 Å². The Labute approximate surface area is 306 Å². The quantitative estimate of drug-likeness (QED) is 0.201. The van der Waals surface area contributed by atoms with Gasteiger partial charge in [0.05, 0.1) is 22.1 Å². The van der Waals surface area contributed by atoms with Gasteiger partial charge in [0.2, 0.25) is 0 Å². The number of rotatable bonds is 4. The molecule has 0 spiro atoms. The Morgan fingerprint density at radius 3 is 2.02 bits per heavy atom. The number of nitrogens with zero attached hydrogens (tertiary/aromatic N) is 3. The van der Waals surface area contributed by atoms with Crippen LogP contribution < -0.4 is 5.32 Å². The third kappa shape index (κ3) is 4.44. The van der Waals surface area contributed by atoms with E-state index in [1.54, 1.807) is 0 Å². The molecule has 5 heteroatoms. The summed E-state index contributed by atoms with van der Waals surface area (Å²) in [5.74, 6) is 1.58. The molecule has 0 saturated heterocycles. The molecule has 5 nitrogen and oxygen atoms in total. The van der Waals surface area contributed by atoms with Gasteiger partial charge in [0.15, 0.2) is 6.17 Å². The molecule has 53 heavy (non-hydrogen) atoms. The summed E-state index contributed by atoms with van der Waals surface area (Å²) in [7, 11) is 0. The number of aliphatic imine (C=N–C) groups is 2. The summed E-state index contributed by atoms with van der Waals surface area (Å²) < 4.78 is 9.13. The second kappa shape index (κ2) is 11.1. The summed E-state index contributed by atoms with van der Waals surface area (Å²) in [5.41, 5.74) is 13.4. The smallest absolute Gasteiger partial charge is 0.169 e. The topological polar surface area (TPSA) is 54.8 Å².